The van der Waals surface area contributed by atoms with Crippen LogP contribution in [0.2, 0.25) is 0 Å². The number of hydrogen-bond donors (Lipinski definition) is 3. The van der Waals surface area contributed by atoms with E-state index in [-0.39, 0.29) is 22.9 Å². The van der Waals surface area contributed by atoms with Crippen molar-refractivity contribution in [3.63, 3.8) is 0 Å². The van der Waals surface area contributed by atoms with Crippen molar-refractivity contribution in [2.24, 2.45) is 0 Å². The Kier molecular flexibility index (Phi) is 6.91. The van der Waals surface area contributed by atoms with Gasteiger partial charge in [0.05, 0.1) is 11.9 Å². The van der Waals surface area contributed by atoms with Crippen molar-refractivity contribution in [1.82, 2.24) is 29.2 Å². The van der Waals surface area contributed by atoms with Crippen molar-refractivity contribution in [1.29, 1.82) is 0 Å². The Morgan fingerprint density at radius 3 is 2.56 bits per heavy atom. The number of hydrogen-bond acceptors (Lipinski definition) is 7. The van der Waals surface area contributed by atoms with Crippen molar-refractivity contribution in [3.05, 3.63) is 89.9 Å². The molecular weight excluding hydrogens is 542 g/mol. The number of H-pyrrole nitrogens is 1. The van der Waals surface area contributed by atoms with Gasteiger partial charge in [-0.15, -0.1) is 0 Å². The van der Waals surface area contributed by atoms with Crippen LogP contribution in [0.15, 0.2) is 73.2 Å². The van der Waals surface area contributed by atoms with Crippen LogP contribution in [0.25, 0.3) is 16.6 Å². The normalized spacial score (nSPS) is 14.4. The van der Waals surface area contributed by atoms with Gasteiger partial charge in [-0.25, -0.2) is 18.1 Å². The van der Waals surface area contributed by atoms with Crippen molar-refractivity contribution in [3.8, 4) is 0 Å². The summed E-state index contributed by atoms with van der Waals surface area (Å²) in [6, 6.07) is 18.0. The molecule has 12 heteroatoms. The van der Waals surface area contributed by atoms with Crippen LogP contribution < -0.4 is 10.0 Å². The van der Waals surface area contributed by atoms with E-state index >= 15 is 0 Å². The number of benzene rings is 2. The molecule has 1 aliphatic rings. The van der Waals surface area contributed by atoms with Crippen LogP contribution in [0.5, 0.6) is 0 Å². The molecule has 41 heavy (non-hydrogen) atoms. The molecule has 3 N–H and O–H groups in total. The van der Waals surface area contributed by atoms with E-state index in [4.69, 9.17) is 0 Å². The van der Waals surface area contributed by atoms with Gasteiger partial charge in [-0.1, -0.05) is 36.4 Å². The van der Waals surface area contributed by atoms with Gasteiger partial charge in [0.25, 0.3) is 11.8 Å². The van der Waals surface area contributed by atoms with Crippen LogP contribution in [0, 0.1) is 0 Å². The molecule has 5 aromatic rings. The number of likely N-dealkylation sites (tertiary alicyclic amines) is 1. The first kappa shape index (κ1) is 26.5. The van der Waals surface area contributed by atoms with E-state index in [9.17, 15) is 18.0 Å². The summed E-state index contributed by atoms with van der Waals surface area (Å²) < 4.78 is 27.4. The van der Waals surface area contributed by atoms with Crippen molar-refractivity contribution < 1.29 is 18.0 Å². The van der Waals surface area contributed by atoms with Gasteiger partial charge < -0.3 is 15.2 Å². The molecule has 0 aliphatic carbocycles. The number of nitrogens with one attached hydrogen (secondary N) is 3. The monoisotopic (exact) mass is 571 g/mol. The van der Waals surface area contributed by atoms with E-state index in [1.165, 1.54) is 29.4 Å². The second kappa shape index (κ2) is 10.7. The van der Waals surface area contributed by atoms with Crippen LogP contribution in [0.3, 0.4) is 0 Å². The van der Waals surface area contributed by atoms with Gasteiger partial charge in [-0.05, 0) is 54.8 Å². The number of aromatic amines is 1. The Hall–Kier alpha value is -4.71. The van der Waals surface area contributed by atoms with Crippen LogP contribution in [0.4, 0.5) is 11.5 Å². The largest absolute Gasteiger partial charge is 0.361 e. The molecule has 3 aromatic heterocycles. The van der Waals surface area contributed by atoms with Gasteiger partial charge in [0.15, 0.2) is 5.65 Å². The number of nitrogens with zero attached hydrogens (tertiary/aromatic N) is 4. The highest BCUT2D eigenvalue weighted by Gasteiger charge is 2.29. The molecule has 0 bridgehead atoms. The number of carbonyl (C=O) groups is 2. The Labute approximate surface area is 236 Å². The minimum Gasteiger partial charge on any atom is -0.361 e. The van der Waals surface area contributed by atoms with E-state index in [1.54, 1.807) is 0 Å². The Bertz CT molecular complexity index is 1860. The van der Waals surface area contributed by atoms with E-state index in [0.717, 1.165) is 23.7 Å². The zero-order chi connectivity index (χ0) is 28.6. The average molecular weight is 572 g/mol. The summed E-state index contributed by atoms with van der Waals surface area (Å²) >= 11 is 0. The molecule has 4 heterocycles. The van der Waals surface area contributed by atoms with Crippen LogP contribution in [0.1, 0.15) is 52.0 Å². The van der Waals surface area contributed by atoms with Crippen LogP contribution >= 0.6 is 0 Å². The predicted octanol–water partition coefficient (Wildman–Crippen LogP) is 4.05. The fourth-order valence-corrected chi connectivity index (χ4v) is 5.75. The fraction of sp³-hybridized carbons (Fsp3) is 0.241. The molecule has 0 spiro atoms. The first-order valence-electron chi connectivity index (χ1n) is 13.4. The molecular formula is C29H29N7O4S. The zero-order valence-corrected chi connectivity index (χ0v) is 23.2. The number of rotatable bonds is 7. The minimum absolute atomic E-state index is 0.0208. The first-order chi connectivity index (χ1) is 19.8. The average Bonchev–Trinajstić information content (AvgIpc) is 3.65. The summed E-state index contributed by atoms with van der Waals surface area (Å²) in [6.45, 7) is 2.62. The lowest BCUT2D eigenvalue weighted by Gasteiger charge is -2.32. The maximum Gasteiger partial charge on any atom is 0.270 e. The summed E-state index contributed by atoms with van der Waals surface area (Å²) in [6.07, 6.45) is 6.20. The van der Waals surface area contributed by atoms with Gasteiger partial charge in [0.2, 0.25) is 10.0 Å². The third-order valence-electron chi connectivity index (χ3n) is 7.50. The first-order valence-corrected chi connectivity index (χ1v) is 15.1. The highest BCUT2D eigenvalue weighted by atomic mass is 32.2. The Morgan fingerprint density at radius 2 is 1.80 bits per heavy atom. The summed E-state index contributed by atoms with van der Waals surface area (Å²) in [7, 11) is -3.79. The maximum atomic E-state index is 13.9. The molecule has 210 valence electrons. The van der Waals surface area contributed by atoms with Crippen molar-refractivity contribution >= 4 is 49.9 Å². The third kappa shape index (κ3) is 5.25. The highest BCUT2D eigenvalue weighted by Crippen LogP contribution is 2.31. The van der Waals surface area contributed by atoms with E-state index in [0.29, 0.717) is 36.1 Å². The number of aromatic nitrogens is 4. The number of anilines is 2. The molecule has 6 rings (SSSR count). The fourth-order valence-electron chi connectivity index (χ4n) is 5.21. The third-order valence-corrected chi connectivity index (χ3v) is 8.76. The maximum absolute atomic E-state index is 13.9. The van der Waals surface area contributed by atoms with Gasteiger partial charge in [0.1, 0.15) is 16.9 Å². The summed E-state index contributed by atoms with van der Waals surface area (Å²) in [5.41, 5.74) is 3.26. The Balaban J connectivity index is 1.35. The van der Waals surface area contributed by atoms with E-state index in [2.05, 4.69) is 32.5 Å². The van der Waals surface area contributed by atoms with Gasteiger partial charge >= 0.3 is 0 Å². The van der Waals surface area contributed by atoms with Crippen LogP contribution in [-0.2, 0) is 10.0 Å². The van der Waals surface area contributed by atoms with E-state index < -0.39 is 15.9 Å². The number of piperidine rings is 1. The van der Waals surface area contributed by atoms with Crippen LogP contribution in [-0.4, -0.2) is 63.6 Å². The number of sulfonamides is 1. The van der Waals surface area contributed by atoms with Crippen molar-refractivity contribution in [2.75, 3.05) is 24.2 Å². The molecule has 0 atom stereocenters. The second-order valence-corrected chi connectivity index (χ2v) is 12.0. The zero-order valence-electron chi connectivity index (χ0n) is 22.4. The molecule has 0 saturated carbocycles. The lowest BCUT2D eigenvalue weighted by molar-refractivity contribution is 0.0713. The number of carbonyl (C=O) groups excluding carboxylic acids is 2. The van der Waals surface area contributed by atoms with Crippen molar-refractivity contribution in [2.45, 2.75) is 25.7 Å². The lowest BCUT2D eigenvalue weighted by atomic mass is 9.89. The summed E-state index contributed by atoms with van der Waals surface area (Å²) in [5.74, 6) is -0.579. The molecule has 1 aliphatic heterocycles. The molecule has 0 unspecified atom stereocenters. The van der Waals surface area contributed by atoms with Gasteiger partial charge in [-0.3, -0.25) is 9.59 Å². The summed E-state index contributed by atoms with van der Waals surface area (Å²) in [4.78, 5) is 36.1. The molecule has 11 nitrogen and oxygen atoms in total. The predicted molar refractivity (Wildman–Crippen MR) is 156 cm³/mol. The second-order valence-electron chi connectivity index (χ2n) is 10.0. The molecule has 1 saturated heterocycles. The molecule has 1 fully saturated rings. The Morgan fingerprint density at radius 1 is 1.02 bits per heavy atom. The topological polar surface area (TPSA) is 142 Å². The van der Waals surface area contributed by atoms with Gasteiger partial charge in [-0.2, -0.15) is 9.61 Å². The SMILES string of the molecule is CCS(=O)(=O)NC(=O)c1cnn2c(Nc3ccc4cc[nH]c4c3)c(C(=O)N3CCC(c4ccccc4)CC3)cnc12. The quantitative estimate of drug-likeness (QED) is 0.268. The number of amides is 2. The van der Waals surface area contributed by atoms with E-state index in [1.807, 2.05) is 58.3 Å². The molecule has 0 radical (unpaired) electrons. The summed E-state index contributed by atoms with van der Waals surface area (Å²) in [5, 5.41) is 8.68. The lowest BCUT2D eigenvalue weighted by Crippen LogP contribution is -2.38. The minimum atomic E-state index is -3.79. The highest BCUT2D eigenvalue weighted by molar-refractivity contribution is 7.90. The standard InChI is InChI=1S/C29H29N7O4S/c1-2-41(39,40)34-28(37)23-18-32-36-26(23)31-17-24(27(36)33-22-9-8-21-10-13-30-25(21)16-22)29(38)35-14-11-20(12-15-35)19-6-4-3-5-7-19/h3-10,13,16-18,20,30,33H,2,11-12,14-15H2,1H3,(H,34,37). The number of fused-ring (bicyclic) bond motifs is 2. The smallest absolute Gasteiger partial charge is 0.270 e. The van der Waals surface area contributed by atoms with Gasteiger partial charge in [0, 0.05) is 36.7 Å². The molecule has 2 aromatic carbocycles. The molecule has 2 amide bonds.